The third kappa shape index (κ3) is 2.89. The van der Waals surface area contributed by atoms with E-state index in [9.17, 15) is 4.79 Å². The lowest BCUT2D eigenvalue weighted by atomic mass is 10.1. The van der Waals surface area contributed by atoms with Crippen LogP contribution in [0.3, 0.4) is 0 Å². The molecule has 0 radical (unpaired) electrons. The minimum absolute atomic E-state index is 0.144. The molecule has 1 aliphatic rings. The molecule has 20 heavy (non-hydrogen) atoms. The van der Waals surface area contributed by atoms with Crippen LogP contribution in [0.25, 0.3) is 0 Å². The topological polar surface area (TPSA) is 76.2 Å². The molecule has 1 aromatic heterocycles. The van der Waals surface area contributed by atoms with Gasteiger partial charge in [0.25, 0.3) is 0 Å². The Bertz CT molecular complexity index is 476. The van der Waals surface area contributed by atoms with E-state index < -0.39 is 0 Å². The molecule has 0 bridgehead atoms. The van der Waals surface area contributed by atoms with Crippen LogP contribution >= 0.6 is 0 Å². The zero-order valence-electron chi connectivity index (χ0n) is 12.6. The van der Waals surface area contributed by atoms with Gasteiger partial charge in [-0.05, 0) is 40.0 Å². The normalized spacial score (nSPS) is 17.1. The molecule has 0 saturated carbocycles. The summed E-state index contributed by atoms with van der Waals surface area (Å²) in [5.74, 6) is 0.897. The Balaban J connectivity index is 2.07. The molecule has 1 saturated heterocycles. The number of carbonyl (C=O) groups is 1. The molecular formula is C14H25N5O. The van der Waals surface area contributed by atoms with Crippen LogP contribution in [-0.4, -0.2) is 39.7 Å². The Morgan fingerprint density at radius 1 is 1.40 bits per heavy atom. The number of piperidine rings is 1. The van der Waals surface area contributed by atoms with E-state index in [1.165, 1.54) is 6.42 Å². The standard InChI is InChI=1S/C14H25N5O/c1-4-19-13(12(15)10(2)17-19)16-11(3)14(20)18-8-6-5-7-9-18/h11,16H,4-9,15H2,1-3H3. The van der Waals surface area contributed by atoms with Crippen molar-refractivity contribution in [3.05, 3.63) is 5.69 Å². The van der Waals surface area contributed by atoms with Crippen LogP contribution < -0.4 is 11.1 Å². The first-order chi connectivity index (χ1) is 9.54. The van der Waals surface area contributed by atoms with Crippen LogP contribution in [-0.2, 0) is 11.3 Å². The molecule has 1 unspecified atom stereocenters. The number of nitrogens with two attached hydrogens (primary N) is 1. The largest absolute Gasteiger partial charge is 0.394 e. The average Bonchev–Trinajstić information content (AvgIpc) is 2.75. The molecule has 6 heteroatoms. The fraction of sp³-hybridized carbons (Fsp3) is 0.714. The Kier molecular flexibility index (Phi) is 4.52. The Morgan fingerprint density at radius 3 is 2.65 bits per heavy atom. The maximum atomic E-state index is 12.4. The number of aromatic nitrogens is 2. The first-order valence-electron chi connectivity index (χ1n) is 7.42. The number of aryl methyl sites for hydroxylation is 2. The van der Waals surface area contributed by atoms with Gasteiger partial charge in [0.1, 0.15) is 11.9 Å². The molecular weight excluding hydrogens is 254 g/mol. The molecule has 0 aromatic carbocycles. The second kappa shape index (κ2) is 6.15. The molecule has 0 aliphatic carbocycles. The SMILES string of the molecule is CCn1nc(C)c(N)c1NC(C)C(=O)N1CCCCC1. The van der Waals surface area contributed by atoms with Crippen LogP contribution in [0.4, 0.5) is 11.5 Å². The lowest BCUT2D eigenvalue weighted by Crippen LogP contribution is -2.44. The lowest BCUT2D eigenvalue weighted by Gasteiger charge is -2.29. The summed E-state index contributed by atoms with van der Waals surface area (Å²) in [4.78, 5) is 14.4. The van der Waals surface area contributed by atoms with Gasteiger partial charge in [0.05, 0.1) is 11.4 Å². The predicted octanol–water partition coefficient (Wildman–Crippen LogP) is 1.61. The lowest BCUT2D eigenvalue weighted by molar-refractivity contribution is -0.132. The Hall–Kier alpha value is -1.72. The van der Waals surface area contributed by atoms with Crippen molar-refractivity contribution in [3.63, 3.8) is 0 Å². The van der Waals surface area contributed by atoms with Gasteiger partial charge in [0, 0.05) is 19.6 Å². The predicted molar refractivity (Wildman–Crippen MR) is 80.6 cm³/mol. The van der Waals surface area contributed by atoms with Gasteiger partial charge in [-0.15, -0.1) is 0 Å². The van der Waals surface area contributed by atoms with Gasteiger partial charge in [0.15, 0.2) is 0 Å². The van der Waals surface area contributed by atoms with Gasteiger partial charge in [-0.1, -0.05) is 0 Å². The van der Waals surface area contributed by atoms with Crippen molar-refractivity contribution in [1.82, 2.24) is 14.7 Å². The molecule has 1 atom stereocenters. The number of amides is 1. The summed E-state index contributed by atoms with van der Waals surface area (Å²) in [7, 11) is 0. The molecule has 2 rings (SSSR count). The van der Waals surface area contributed by atoms with Gasteiger partial charge in [-0.25, -0.2) is 4.68 Å². The summed E-state index contributed by atoms with van der Waals surface area (Å²) in [6, 6.07) is -0.281. The number of nitrogens with zero attached hydrogens (tertiary/aromatic N) is 3. The minimum atomic E-state index is -0.281. The molecule has 1 aromatic rings. The van der Waals surface area contributed by atoms with Crippen molar-refractivity contribution in [2.75, 3.05) is 24.1 Å². The number of hydrogen-bond acceptors (Lipinski definition) is 4. The second-order valence-corrected chi connectivity index (χ2v) is 5.42. The molecule has 1 amide bonds. The fourth-order valence-electron chi connectivity index (χ4n) is 2.63. The number of nitrogen functional groups attached to an aromatic ring is 1. The monoisotopic (exact) mass is 279 g/mol. The van der Waals surface area contributed by atoms with Crippen molar-refractivity contribution in [2.45, 2.75) is 52.6 Å². The quantitative estimate of drug-likeness (QED) is 0.878. The van der Waals surface area contributed by atoms with E-state index >= 15 is 0 Å². The highest BCUT2D eigenvalue weighted by atomic mass is 16.2. The average molecular weight is 279 g/mol. The zero-order chi connectivity index (χ0) is 14.7. The minimum Gasteiger partial charge on any atom is -0.394 e. The van der Waals surface area contributed by atoms with Crippen LogP contribution in [0.2, 0.25) is 0 Å². The summed E-state index contributed by atoms with van der Waals surface area (Å²) in [6.07, 6.45) is 3.43. The van der Waals surface area contributed by atoms with Crippen molar-refractivity contribution >= 4 is 17.4 Å². The van der Waals surface area contributed by atoms with E-state index in [1.807, 2.05) is 30.4 Å². The molecule has 6 nitrogen and oxygen atoms in total. The highest BCUT2D eigenvalue weighted by Gasteiger charge is 2.24. The summed E-state index contributed by atoms with van der Waals surface area (Å²) in [5.41, 5.74) is 7.46. The molecule has 2 heterocycles. The van der Waals surface area contributed by atoms with E-state index in [2.05, 4.69) is 10.4 Å². The number of nitrogens with one attached hydrogen (secondary N) is 1. The number of rotatable bonds is 4. The highest BCUT2D eigenvalue weighted by Crippen LogP contribution is 2.23. The second-order valence-electron chi connectivity index (χ2n) is 5.42. The van der Waals surface area contributed by atoms with E-state index in [0.717, 1.165) is 44.0 Å². The molecule has 0 spiro atoms. The first-order valence-corrected chi connectivity index (χ1v) is 7.42. The van der Waals surface area contributed by atoms with E-state index in [0.29, 0.717) is 5.69 Å². The van der Waals surface area contributed by atoms with Gasteiger partial charge in [0.2, 0.25) is 5.91 Å². The third-order valence-electron chi connectivity index (χ3n) is 3.86. The Morgan fingerprint density at radius 2 is 2.05 bits per heavy atom. The number of carbonyl (C=O) groups excluding carboxylic acids is 1. The van der Waals surface area contributed by atoms with Crippen LogP contribution in [0, 0.1) is 6.92 Å². The van der Waals surface area contributed by atoms with Gasteiger partial charge in [-0.3, -0.25) is 4.79 Å². The molecule has 1 fully saturated rings. The van der Waals surface area contributed by atoms with Crippen molar-refractivity contribution in [3.8, 4) is 0 Å². The van der Waals surface area contributed by atoms with E-state index in [-0.39, 0.29) is 11.9 Å². The Labute approximate surface area is 120 Å². The summed E-state index contributed by atoms with van der Waals surface area (Å²) in [5, 5.41) is 7.59. The van der Waals surface area contributed by atoms with Crippen molar-refractivity contribution in [1.29, 1.82) is 0 Å². The van der Waals surface area contributed by atoms with Gasteiger partial charge >= 0.3 is 0 Å². The summed E-state index contributed by atoms with van der Waals surface area (Å²) < 4.78 is 1.81. The maximum Gasteiger partial charge on any atom is 0.244 e. The zero-order valence-corrected chi connectivity index (χ0v) is 12.6. The van der Waals surface area contributed by atoms with Crippen molar-refractivity contribution < 1.29 is 4.79 Å². The number of likely N-dealkylation sites (tertiary alicyclic amines) is 1. The first kappa shape index (κ1) is 14.7. The summed E-state index contributed by atoms with van der Waals surface area (Å²) in [6.45, 7) is 8.24. The van der Waals surface area contributed by atoms with Crippen LogP contribution in [0.15, 0.2) is 0 Å². The number of anilines is 2. The maximum absolute atomic E-state index is 12.4. The van der Waals surface area contributed by atoms with Crippen molar-refractivity contribution in [2.24, 2.45) is 0 Å². The van der Waals surface area contributed by atoms with E-state index in [1.54, 1.807) is 0 Å². The van der Waals surface area contributed by atoms with Crippen LogP contribution in [0.5, 0.6) is 0 Å². The third-order valence-corrected chi connectivity index (χ3v) is 3.86. The molecule has 1 aliphatic heterocycles. The molecule has 112 valence electrons. The summed E-state index contributed by atoms with van der Waals surface area (Å²) >= 11 is 0. The number of hydrogen-bond donors (Lipinski definition) is 2. The van der Waals surface area contributed by atoms with Crippen LogP contribution in [0.1, 0.15) is 38.8 Å². The van der Waals surface area contributed by atoms with Gasteiger partial charge < -0.3 is 16.0 Å². The highest BCUT2D eigenvalue weighted by molar-refractivity contribution is 5.85. The smallest absolute Gasteiger partial charge is 0.244 e. The van der Waals surface area contributed by atoms with Gasteiger partial charge in [-0.2, -0.15) is 5.10 Å². The van der Waals surface area contributed by atoms with E-state index in [4.69, 9.17) is 5.73 Å². The molecule has 3 N–H and O–H groups in total. The fourth-order valence-corrected chi connectivity index (χ4v) is 2.63.